The van der Waals surface area contributed by atoms with Crippen LogP contribution in [0, 0.1) is 0 Å². The molecular weight excluding hydrogens is 336 g/mol. The second kappa shape index (κ2) is 8.48. The van der Waals surface area contributed by atoms with Gasteiger partial charge < -0.3 is 5.32 Å². The number of aromatic nitrogens is 5. The fraction of sp³-hybridized carbons (Fsp3) is 0.353. The molecule has 1 amide bonds. The van der Waals surface area contributed by atoms with Crippen molar-refractivity contribution in [3.8, 4) is 0 Å². The zero-order chi connectivity index (χ0) is 17.5. The maximum atomic E-state index is 12.7. The molecule has 0 aliphatic heterocycles. The Morgan fingerprint density at radius 2 is 2.16 bits per heavy atom. The lowest BCUT2D eigenvalue weighted by Crippen LogP contribution is -2.34. The molecule has 0 aliphatic rings. The Morgan fingerprint density at radius 3 is 2.88 bits per heavy atom. The van der Waals surface area contributed by atoms with Crippen LogP contribution in [-0.2, 0) is 24.2 Å². The molecule has 0 saturated carbocycles. The summed E-state index contributed by atoms with van der Waals surface area (Å²) in [6, 6.07) is 9.34. The zero-order valence-electron chi connectivity index (χ0n) is 14.0. The molecule has 0 radical (unpaired) electrons. The third kappa shape index (κ3) is 4.69. The number of benzene rings is 1. The fourth-order valence-corrected chi connectivity index (χ4v) is 3.41. The van der Waals surface area contributed by atoms with Gasteiger partial charge in [-0.05, 0) is 28.8 Å². The average Bonchev–Trinajstić information content (AvgIpc) is 3.31. The van der Waals surface area contributed by atoms with Crippen LogP contribution in [0.2, 0.25) is 0 Å². The predicted octanol–water partition coefficient (Wildman–Crippen LogP) is 2.18. The predicted molar refractivity (Wildman–Crippen MR) is 95.0 cm³/mol. The van der Waals surface area contributed by atoms with Gasteiger partial charge in [0.2, 0.25) is 5.91 Å². The van der Waals surface area contributed by atoms with E-state index in [1.54, 1.807) is 11.3 Å². The molecule has 0 spiro atoms. The highest BCUT2D eigenvalue weighted by atomic mass is 32.1. The quantitative estimate of drug-likeness (QED) is 0.669. The SMILES string of the molecule is CCCc1nc(CNC(=O)[C@@H](Cc2ccccc2)n2cnnn2)cs1. The molecule has 0 saturated heterocycles. The summed E-state index contributed by atoms with van der Waals surface area (Å²) in [5.74, 6) is -0.124. The number of aryl methyl sites for hydroxylation is 1. The lowest BCUT2D eigenvalue weighted by atomic mass is 10.1. The van der Waals surface area contributed by atoms with Gasteiger partial charge in [-0.1, -0.05) is 37.3 Å². The molecule has 1 aromatic carbocycles. The number of thiazole rings is 1. The maximum absolute atomic E-state index is 12.7. The first-order valence-corrected chi connectivity index (χ1v) is 9.11. The molecule has 0 fully saturated rings. The van der Waals surface area contributed by atoms with Gasteiger partial charge in [-0.2, -0.15) is 0 Å². The van der Waals surface area contributed by atoms with Gasteiger partial charge >= 0.3 is 0 Å². The molecule has 0 unspecified atom stereocenters. The topological polar surface area (TPSA) is 85.6 Å². The van der Waals surface area contributed by atoms with E-state index < -0.39 is 6.04 Å². The van der Waals surface area contributed by atoms with Crippen LogP contribution in [0.25, 0.3) is 0 Å². The summed E-state index contributed by atoms with van der Waals surface area (Å²) in [5.41, 5.74) is 1.94. The Morgan fingerprint density at radius 1 is 1.32 bits per heavy atom. The van der Waals surface area contributed by atoms with Crippen molar-refractivity contribution in [2.45, 2.75) is 38.8 Å². The number of amides is 1. The molecular formula is C17H20N6OS. The summed E-state index contributed by atoms with van der Waals surface area (Å²) >= 11 is 1.63. The summed E-state index contributed by atoms with van der Waals surface area (Å²) in [6.45, 7) is 2.54. The molecule has 3 aromatic rings. The van der Waals surface area contributed by atoms with E-state index in [1.165, 1.54) is 11.0 Å². The van der Waals surface area contributed by atoms with E-state index in [1.807, 2.05) is 35.7 Å². The second-order valence-electron chi connectivity index (χ2n) is 5.70. The van der Waals surface area contributed by atoms with Crippen molar-refractivity contribution in [1.82, 2.24) is 30.5 Å². The Bertz CT molecular complexity index is 787. The Balaban J connectivity index is 1.66. The van der Waals surface area contributed by atoms with Crippen LogP contribution < -0.4 is 5.32 Å². The molecule has 2 aromatic heterocycles. The lowest BCUT2D eigenvalue weighted by molar-refractivity contribution is -0.124. The lowest BCUT2D eigenvalue weighted by Gasteiger charge is -2.16. The number of rotatable bonds is 8. The van der Waals surface area contributed by atoms with Crippen molar-refractivity contribution in [1.29, 1.82) is 0 Å². The summed E-state index contributed by atoms with van der Waals surface area (Å²) in [5, 5.41) is 17.3. The molecule has 7 nitrogen and oxygen atoms in total. The van der Waals surface area contributed by atoms with Gasteiger partial charge in [-0.15, -0.1) is 16.4 Å². The van der Waals surface area contributed by atoms with Gasteiger partial charge in [0, 0.05) is 11.8 Å². The number of carbonyl (C=O) groups is 1. The number of carbonyl (C=O) groups excluding carboxylic acids is 1. The average molecular weight is 356 g/mol. The number of nitrogens with zero attached hydrogens (tertiary/aromatic N) is 5. The van der Waals surface area contributed by atoms with E-state index >= 15 is 0 Å². The second-order valence-corrected chi connectivity index (χ2v) is 6.64. The van der Waals surface area contributed by atoms with Gasteiger partial charge in [-0.3, -0.25) is 4.79 Å². The van der Waals surface area contributed by atoms with E-state index in [0.29, 0.717) is 13.0 Å². The highest BCUT2D eigenvalue weighted by Gasteiger charge is 2.22. The van der Waals surface area contributed by atoms with Crippen LogP contribution in [0.15, 0.2) is 42.0 Å². The minimum Gasteiger partial charge on any atom is -0.349 e. The Kier molecular flexibility index (Phi) is 5.84. The van der Waals surface area contributed by atoms with Crippen molar-refractivity contribution in [3.05, 3.63) is 58.3 Å². The van der Waals surface area contributed by atoms with Gasteiger partial charge in [-0.25, -0.2) is 9.67 Å². The maximum Gasteiger partial charge on any atom is 0.245 e. The third-order valence-electron chi connectivity index (χ3n) is 3.77. The molecule has 0 bridgehead atoms. The van der Waals surface area contributed by atoms with Gasteiger partial charge in [0.15, 0.2) is 0 Å². The normalized spacial score (nSPS) is 12.0. The van der Waals surface area contributed by atoms with Crippen LogP contribution in [-0.4, -0.2) is 31.1 Å². The minimum absolute atomic E-state index is 0.124. The van der Waals surface area contributed by atoms with Crippen molar-refractivity contribution < 1.29 is 4.79 Å². The van der Waals surface area contributed by atoms with Crippen molar-refractivity contribution >= 4 is 17.2 Å². The first-order valence-electron chi connectivity index (χ1n) is 8.23. The molecule has 130 valence electrons. The van der Waals surface area contributed by atoms with Crippen LogP contribution in [0.3, 0.4) is 0 Å². The van der Waals surface area contributed by atoms with Crippen LogP contribution in [0.1, 0.15) is 35.7 Å². The van der Waals surface area contributed by atoms with Crippen molar-refractivity contribution in [2.24, 2.45) is 0 Å². The first kappa shape index (κ1) is 17.2. The van der Waals surface area contributed by atoms with Crippen LogP contribution in [0.5, 0.6) is 0 Å². The van der Waals surface area contributed by atoms with Crippen LogP contribution in [0.4, 0.5) is 0 Å². The van der Waals surface area contributed by atoms with Gasteiger partial charge in [0.1, 0.15) is 12.4 Å². The monoisotopic (exact) mass is 356 g/mol. The smallest absolute Gasteiger partial charge is 0.245 e. The number of nitrogens with one attached hydrogen (secondary N) is 1. The first-order chi connectivity index (χ1) is 12.3. The van der Waals surface area contributed by atoms with Crippen molar-refractivity contribution in [2.75, 3.05) is 0 Å². The summed E-state index contributed by atoms with van der Waals surface area (Å²) in [6.07, 6.45) is 4.03. The molecule has 3 rings (SSSR count). The van der Waals surface area contributed by atoms with E-state index in [0.717, 1.165) is 29.1 Å². The third-order valence-corrected chi connectivity index (χ3v) is 4.72. The summed E-state index contributed by atoms with van der Waals surface area (Å²) in [7, 11) is 0. The van der Waals surface area contributed by atoms with Crippen LogP contribution >= 0.6 is 11.3 Å². The van der Waals surface area contributed by atoms with E-state index in [4.69, 9.17) is 0 Å². The molecule has 25 heavy (non-hydrogen) atoms. The molecule has 8 heteroatoms. The number of hydrogen-bond donors (Lipinski definition) is 1. The minimum atomic E-state index is -0.494. The highest BCUT2D eigenvalue weighted by molar-refractivity contribution is 7.09. The zero-order valence-corrected chi connectivity index (χ0v) is 14.8. The highest BCUT2D eigenvalue weighted by Crippen LogP contribution is 2.15. The Labute approximate surface area is 150 Å². The molecule has 0 aliphatic carbocycles. The molecule has 1 atom stereocenters. The summed E-state index contributed by atoms with van der Waals surface area (Å²) < 4.78 is 1.49. The van der Waals surface area contributed by atoms with Gasteiger partial charge in [0.25, 0.3) is 0 Å². The Hall–Kier alpha value is -2.61. The standard InChI is InChI=1S/C17H20N6OS/c1-2-6-16-20-14(11-25-16)10-18-17(24)15(23-12-19-21-22-23)9-13-7-4-3-5-8-13/h3-5,7-8,11-12,15H,2,6,9-10H2,1H3,(H,18,24)/t15-/m1/s1. The molecule has 2 heterocycles. The number of tetrazole rings is 1. The fourth-order valence-electron chi connectivity index (χ4n) is 2.51. The van der Waals surface area contributed by atoms with E-state index in [2.05, 4.69) is 32.7 Å². The summed E-state index contributed by atoms with van der Waals surface area (Å²) in [4.78, 5) is 17.2. The van der Waals surface area contributed by atoms with Gasteiger partial charge in [0.05, 0.1) is 17.2 Å². The largest absolute Gasteiger partial charge is 0.349 e. The molecule has 1 N–H and O–H groups in total. The van der Waals surface area contributed by atoms with Crippen molar-refractivity contribution in [3.63, 3.8) is 0 Å². The van der Waals surface area contributed by atoms with E-state index in [9.17, 15) is 4.79 Å². The number of hydrogen-bond acceptors (Lipinski definition) is 6. The van der Waals surface area contributed by atoms with E-state index in [-0.39, 0.29) is 5.91 Å².